The molecule has 5 nitrogen and oxygen atoms in total. The number of hydrogen-bond donors (Lipinski definition) is 2. The van der Waals surface area contributed by atoms with E-state index in [2.05, 4.69) is 5.32 Å². The minimum atomic E-state index is -0.816. The van der Waals surface area contributed by atoms with Gasteiger partial charge in [-0.3, -0.25) is 4.79 Å². The molecule has 0 saturated carbocycles. The number of ether oxygens (including phenoxy) is 2. The van der Waals surface area contributed by atoms with E-state index in [1.54, 1.807) is 7.11 Å². The van der Waals surface area contributed by atoms with Gasteiger partial charge in [0.15, 0.2) is 0 Å². The number of hydrogen-bond acceptors (Lipinski definition) is 4. The summed E-state index contributed by atoms with van der Waals surface area (Å²) >= 11 is 0. The van der Waals surface area contributed by atoms with Crippen LogP contribution in [0.15, 0.2) is 0 Å². The lowest BCUT2D eigenvalue weighted by Crippen LogP contribution is -2.52. The first-order valence-electron chi connectivity index (χ1n) is 7.11. The lowest BCUT2D eigenvalue weighted by molar-refractivity contribution is -0.145. The molecule has 0 aromatic heterocycles. The first-order valence-corrected chi connectivity index (χ1v) is 7.11. The molecule has 114 valence electrons. The Bertz CT molecular complexity index is 248. The summed E-state index contributed by atoms with van der Waals surface area (Å²) in [6.45, 7) is 7.74. The van der Waals surface area contributed by atoms with Gasteiger partial charge >= 0.3 is 5.97 Å². The third kappa shape index (κ3) is 6.89. The molecule has 19 heavy (non-hydrogen) atoms. The second-order valence-corrected chi connectivity index (χ2v) is 4.91. The molecule has 0 bridgehead atoms. The van der Waals surface area contributed by atoms with Crippen molar-refractivity contribution in [3.63, 3.8) is 0 Å². The average Bonchev–Trinajstić information content (AvgIpc) is 2.38. The molecule has 0 aliphatic rings. The molecular weight excluding hydrogens is 246 g/mol. The first kappa shape index (κ1) is 18.4. The number of aliphatic carboxylic acids is 1. The molecule has 0 radical (unpaired) electrons. The Morgan fingerprint density at radius 2 is 2.11 bits per heavy atom. The van der Waals surface area contributed by atoms with Crippen LogP contribution in [-0.2, 0) is 14.3 Å². The zero-order chi connectivity index (χ0) is 14.7. The second kappa shape index (κ2) is 10.2. The van der Waals surface area contributed by atoms with Gasteiger partial charge in [-0.2, -0.15) is 0 Å². The van der Waals surface area contributed by atoms with Gasteiger partial charge < -0.3 is 19.9 Å². The van der Waals surface area contributed by atoms with Gasteiger partial charge in [-0.05, 0) is 39.2 Å². The maximum absolute atomic E-state index is 11.5. The first-order chi connectivity index (χ1) is 9.02. The fraction of sp³-hybridized carbons (Fsp3) is 0.929. The van der Waals surface area contributed by atoms with Crippen molar-refractivity contribution in [1.82, 2.24) is 5.32 Å². The Balaban J connectivity index is 4.15. The highest BCUT2D eigenvalue weighted by Gasteiger charge is 2.35. The predicted octanol–water partition coefficient (Wildman–Crippen LogP) is 2.05. The summed E-state index contributed by atoms with van der Waals surface area (Å²) in [4.78, 5) is 11.5. The van der Waals surface area contributed by atoms with Gasteiger partial charge in [-0.1, -0.05) is 13.8 Å². The molecule has 0 spiro atoms. The van der Waals surface area contributed by atoms with Crippen molar-refractivity contribution in [1.29, 1.82) is 0 Å². The fourth-order valence-corrected chi connectivity index (χ4v) is 2.03. The average molecular weight is 275 g/mol. The number of methoxy groups -OCH3 is 1. The van der Waals surface area contributed by atoms with Crippen molar-refractivity contribution < 1.29 is 19.4 Å². The highest BCUT2D eigenvalue weighted by Crippen LogP contribution is 2.18. The van der Waals surface area contributed by atoms with Crippen LogP contribution >= 0.6 is 0 Å². The number of rotatable bonds is 12. The minimum absolute atomic E-state index is 0.0504. The molecule has 0 aliphatic heterocycles. The monoisotopic (exact) mass is 275 g/mol. The molecule has 0 aliphatic carbocycles. The summed E-state index contributed by atoms with van der Waals surface area (Å²) in [5, 5.41) is 12.6. The lowest BCUT2D eigenvalue weighted by Gasteiger charge is -2.29. The molecule has 0 saturated heterocycles. The lowest BCUT2D eigenvalue weighted by atomic mass is 9.90. The van der Waals surface area contributed by atoms with E-state index in [9.17, 15) is 9.90 Å². The standard InChI is InChI=1S/C14H29NO4/c1-5-9-15-14(6-2,13(16)17)8-7-10-19-12(3)11-18-4/h12,15H,5-11H2,1-4H3,(H,16,17). The normalized spacial score (nSPS) is 16.0. The molecule has 0 heterocycles. The third-order valence-corrected chi connectivity index (χ3v) is 3.28. The quantitative estimate of drug-likeness (QED) is 0.534. The molecule has 0 rings (SSSR count). The molecule has 2 N–H and O–H groups in total. The van der Waals surface area contributed by atoms with Crippen molar-refractivity contribution >= 4 is 5.97 Å². The second-order valence-electron chi connectivity index (χ2n) is 4.91. The van der Waals surface area contributed by atoms with Crippen LogP contribution in [0.4, 0.5) is 0 Å². The van der Waals surface area contributed by atoms with Crippen molar-refractivity contribution in [3.05, 3.63) is 0 Å². The van der Waals surface area contributed by atoms with E-state index in [0.29, 0.717) is 26.1 Å². The molecule has 2 atom stereocenters. The van der Waals surface area contributed by atoms with Gasteiger partial charge in [0, 0.05) is 13.7 Å². The number of carboxylic acids is 1. The smallest absolute Gasteiger partial charge is 0.323 e. The minimum Gasteiger partial charge on any atom is -0.480 e. The van der Waals surface area contributed by atoms with Gasteiger partial charge in [0.1, 0.15) is 5.54 Å². The van der Waals surface area contributed by atoms with Crippen molar-refractivity contribution in [3.8, 4) is 0 Å². The molecule has 0 fully saturated rings. The Morgan fingerprint density at radius 3 is 2.58 bits per heavy atom. The topological polar surface area (TPSA) is 67.8 Å². The van der Waals surface area contributed by atoms with Gasteiger partial charge in [-0.25, -0.2) is 0 Å². The van der Waals surface area contributed by atoms with Gasteiger partial charge in [0.05, 0.1) is 12.7 Å². The Morgan fingerprint density at radius 1 is 1.42 bits per heavy atom. The maximum Gasteiger partial charge on any atom is 0.323 e. The molecule has 0 aromatic rings. The fourth-order valence-electron chi connectivity index (χ4n) is 2.03. The zero-order valence-corrected chi connectivity index (χ0v) is 12.7. The molecule has 0 aromatic carbocycles. The van der Waals surface area contributed by atoms with E-state index in [1.165, 1.54) is 0 Å². The van der Waals surface area contributed by atoms with Crippen LogP contribution in [0.2, 0.25) is 0 Å². The van der Waals surface area contributed by atoms with Crippen molar-refractivity contribution in [2.24, 2.45) is 0 Å². The van der Waals surface area contributed by atoms with Crippen LogP contribution < -0.4 is 5.32 Å². The summed E-state index contributed by atoms with van der Waals surface area (Å²) in [6.07, 6.45) is 2.87. The van der Waals surface area contributed by atoms with Crippen molar-refractivity contribution in [2.75, 3.05) is 26.9 Å². The largest absolute Gasteiger partial charge is 0.480 e. The number of carbonyl (C=O) groups is 1. The summed E-state index contributed by atoms with van der Waals surface area (Å²) in [6, 6.07) is 0. The summed E-state index contributed by atoms with van der Waals surface area (Å²) in [5.41, 5.74) is -0.816. The van der Waals surface area contributed by atoms with E-state index < -0.39 is 11.5 Å². The van der Waals surface area contributed by atoms with E-state index in [4.69, 9.17) is 9.47 Å². The third-order valence-electron chi connectivity index (χ3n) is 3.28. The van der Waals surface area contributed by atoms with Crippen LogP contribution in [-0.4, -0.2) is 49.6 Å². The molecule has 0 amide bonds. The maximum atomic E-state index is 11.5. The van der Waals surface area contributed by atoms with Crippen LogP contribution in [0.25, 0.3) is 0 Å². The van der Waals surface area contributed by atoms with Crippen LogP contribution in [0, 0.1) is 0 Å². The van der Waals surface area contributed by atoms with E-state index in [-0.39, 0.29) is 6.10 Å². The SMILES string of the molecule is CCCNC(CC)(CCCOC(C)COC)C(=O)O. The Kier molecular flexibility index (Phi) is 9.83. The van der Waals surface area contributed by atoms with E-state index in [0.717, 1.165) is 19.4 Å². The number of nitrogens with one attached hydrogen (secondary N) is 1. The Labute approximate surface area is 116 Å². The summed E-state index contributed by atoms with van der Waals surface area (Å²) in [7, 11) is 1.64. The van der Waals surface area contributed by atoms with Gasteiger partial charge in [-0.15, -0.1) is 0 Å². The van der Waals surface area contributed by atoms with Gasteiger partial charge in [0.25, 0.3) is 0 Å². The highest BCUT2D eigenvalue weighted by molar-refractivity contribution is 5.78. The summed E-state index contributed by atoms with van der Waals surface area (Å²) < 4.78 is 10.5. The predicted molar refractivity (Wildman–Crippen MR) is 75.5 cm³/mol. The van der Waals surface area contributed by atoms with E-state index >= 15 is 0 Å². The van der Waals surface area contributed by atoms with Gasteiger partial charge in [0.2, 0.25) is 0 Å². The van der Waals surface area contributed by atoms with Crippen molar-refractivity contribution in [2.45, 2.75) is 58.1 Å². The van der Waals surface area contributed by atoms with Crippen LogP contribution in [0.3, 0.4) is 0 Å². The highest BCUT2D eigenvalue weighted by atomic mass is 16.5. The molecule has 2 unspecified atom stereocenters. The van der Waals surface area contributed by atoms with Crippen LogP contribution in [0.1, 0.15) is 46.5 Å². The molecule has 5 heteroatoms. The summed E-state index contributed by atoms with van der Waals surface area (Å²) in [5.74, 6) is -0.770. The molecular formula is C14H29NO4. The Hall–Kier alpha value is -0.650. The number of carboxylic acid groups (broad SMARTS) is 1. The zero-order valence-electron chi connectivity index (χ0n) is 12.7. The van der Waals surface area contributed by atoms with Crippen LogP contribution in [0.5, 0.6) is 0 Å². The van der Waals surface area contributed by atoms with E-state index in [1.807, 2.05) is 20.8 Å².